The number of rotatable bonds is 4. The van der Waals surface area contributed by atoms with Gasteiger partial charge in [0.25, 0.3) is 5.91 Å². The number of carbonyl (C=O) groups is 2. The smallest absolute Gasteiger partial charge is 0.335 e. The number of carbonyl (C=O) groups excluding carboxylic acids is 1. The summed E-state index contributed by atoms with van der Waals surface area (Å²) in [6.07, 6.45) is 1.69. The molecule has 0 atom stereocenters. The second-order valence-electron chi connectivity index (χ2n) is 5.18. The van der Waals surface area contributed by atoms with Crippen molar-refractivity contribution in [3.05, 3.63) is 54.8 Å². The number of nitrogens with zero attached hydrogens (tertiary/aromatic N) is 2. The second kappa shape index (κ2) is 7.97. The Labute approximate surface area is 175 Å². The standard InChI is InChI=1S/C17H12BrIN2O4S/c1-2-21-15(22)13(8-11-7-12(19)14(18)25-11)26-17(21)20-10-5-3-9(4-6-10)16(23)24/h3-8H,2H2,1H3,(H,23,24)/b13-8-,20-17?. The van der Waals surface area contributed by atoms with E-state index in [0.29, 0.717) is 32.7 Å². The molecule has 1 aliphatic rings. The SMILES string of the molecule is CCN1C(=O)/C(=C/c2cc(I)c(Br)o2)SC1=Nc1ccc(C(=O)O)cc1. The maximum Gasteiger partial charge on any atom is 0.335 e. The van der Waals surface area contributed by atoms with Gasteiger partial charge < -0.3 is 9.52 Å². The molecule has 1 fully saturated rings. The first-order valence-corrected chi connectivity index (χ1v) is 10.2. The van der Waals surface area contributed by atoms with E-state index in [-0.39, 0.29) is 11.5 Å². The molecule has 0 saturated carbocycles. The van der Waals surface area contributed by atoms with E-state index in [4.69, 9.17) is 9.52 Å². The molecule has 0 unspecified atom stereocenters. The van der Waals surface area contributed by atoms with Crippen LogP contribution in [0.3, 0.4) is 0 Å². The van der Waals surface area contributed by atoms with Gasteiger partial charge in [-0.2, -0.15) is 0 Å². The molecule has 0 radical (unpaired) electrons. The zero-order valence-corrected chi connectivity index (χ0v) is 18.0. The lowest BCUT2D eigenvalue weighted by Gasteiger charge is -2.11. The number of halogens is 2. The second-order valence-corrected chi connectivity index (χ2v) is 8.07. The largest absolute Gasteiger partial charge is 0.478 e. The van der Waals surface area contributed by atoms with E-state index in [1.807, 2.05) is 13.0 Å². The van der Waals surface area contributed by atoms with Crippen LogP contribution in [-0.2, 0) is 4.79 Å². The van der Waals surface area contributed by atoms with Crippen LogP contribution in [0, 0.1) is 3.57 Å². The minimum atomic E-state index is -0.991. The minimum Gasteiger partial charge on any atom is -0.478 e. The molecule has 1 amide bonds. The Kier molecular flexibility index (Phi) is 5.88. The average molecular weight is 547 g/mol. The van der Waals surface area contributed by atoms with E-state index in [9.17, 15) is 9.59 Å². The summed E-state index contributed by atoms with van der Waals surface area (Å²) in [7, 11) is 0. The molecule has 1 N–H and O–H groups in total. The number of thioether (sulfide) groups is 1. The molecule has 3 rings (SSSR count). The summed E-state index contributed by atoms with van der Waals surface area (Å²) >= 11 is 6.70. The van der Waals surface area contributed by atoms with Crippen molar-refractivity contribution < 1.29 is 19.1 Å². The average Bonchev–Trinajstić information content (AvgIpc) is 3.07. The van der Waals surface area contributed by atoms with Gasteiger partial charge in [0.2, 0.25) is 0 Å². The van der Waals surface area contributed by atoms with E-state index in [2.05, 4.69) is 43.5 Å². The Hall–Kier alpha value is -1.59. The summed E-state index contributed by atoms with van der Waals surface area (Å²) in [4.78, 5) is 30.1. The first-order valence-electron chi connectivity index (χ1n) is 7.47. The Morgan fingerprint density at radius 1 is 1.42 bits per heavy atom. The molecule has 1 aliphatic heterocycles. The Balaban J connectivity index is 1.90. The number of hydrogen-bond acceptors (Lipinski definition) is 5. The lowest BCUT2D eigenvalue weighted by atomic mass is 10.2. The molecule has 1 aromatic carbocycles. The fourth-order valence-corrected chi connectivity index (χ4v) is 3.98. The van der Waals surface area contributed by atoms with E-state index in [1.165, 1.54) is 23.9 Å². The number of benzene rings is 1. The molecule has 1 aromatic heterocycles. The van der Waals surface area contributed by atoms with Crippen LogP contribution in [0.25, 0.3) is 6.08 Å². The van der Waals surface area contributed by atoms with Gasteiger partial charge in [0.1, 0.15) is 5.76 Å². The lowest BCUT2D eigenvalue weighted by Crippen LogP contribution is -2.28. The number of aliphatic imine (C=N–C) groups is 1. The Bertz CT molecular complexity index is 917. The van der Waals surface area contributed by atoms with Crippen LogP contribution in [0.5, 0.6) is 0 Å². The number of amides is 1. The van der Waals surface area contributed by atoms with E-state index in [1.54, 1.807) is 23.1 Å². The van der Waals surface area contributed by atoms with Crippen molar-refractivity contribution in [3.8, 4) is 0 Å². The normalized spacial score (nSPS) is 17.5. The number of likely N-dealkylation sites (N-methyl/N-ethyl adjacent to an activating group) is 1. The first kappa shape index (κ1) is 19.2. The van der Waals surface area contributed by atoms with Crippen molar-refractivity contribution >= 4 is 79.1 Å². The fraction of sp³-hybridized carbons (Fsp3) is 0.118. The molecule has 2 heterocycles. The highest BCUT2D eigenvalue weighted by molar-refractivity contribution is 14.1. The minimum absolute atomic E-state index is 0.138. The van der Waals surface area contributed by atoms with Gasteiger partial charge in [-0.25, -0.2) is 9.79 Å². The number of hydrogen-bond donors (Lipinski definition) is 1. The molecular weight excluding hydrogens is 535 g/mol. The summed E-state index contributed by atoms with van der Waals surface area (Å²) in [6.45, 7) is 2.35. The van der Waals surface area contributed by atoms with Crippen molar-refractivity contribution in [2.45, 2.75) is 6.92 Å². The first-order chi connectivity index (χ1) is 12.4. The molecule has 2 aromatic rings. The number of carboxylic acid groups (broad SMARTS) is 1. The molecule has 134 valence electrons. The molecule has 0 bridgehead atoms. The van der Waals surface area contributed by atoms with Crippen LogP contribution in [0.1, 0.15) is 23.0 Å². The fourth-order valence-electron chi connectivity index (χ4n) is 2.22. The zero-order chi connectivity index (χ0) is 18.8. The number of aromatic carboxylic acids is 1. The van der Waals surface area contributed by atoms with E-state index in [0.717, 1.165) is 3.57 Å². The van der Waals surface area contributed by atoms with Crippen LogP contribution in [0.15, 0.2) is 49.3 Å². The van der Waals surface area contributed by atoms with Crippen molar-refractivity contribution in [1.29, 1.82) is 0 Å². The maximum atomic E-state index is 12.6. The number of carboxylic acids is 1. The highest BCUT2D eigenvalue weighted by atomic mass is 127. The summed E-state index contributed by atoms with van der Waals surface area (Å²) in [5.74, 6) is -0.546. The molecule has 0 spiro atoms. The quantitative estimate of drug-likeness (QED) is 0.432. The predicted molar refractivity (Wildman–Crippen MR) is 113 cm³/mol. The van der Waals surface area contributed by atoms with Crippen LogP contribution in [0.4, 0.5) is 5.69 Å². The highest BCUT2D eigenvalue weighted by Gasteiger charge is 2.32. The third-order valence-corrected chi connectivity index (χ3v) is 6.62. The molecule has 26 heavy (non-hydrogen) atoms. The molecular formula is C17H12BrIN2O4S. The Morgan fingerprint density at radius 3 is 2.65 bits per heavy atom. The van der Waals surface area contributed by atoms with Crippen LogP contribution >= 0.6 is 50.3 Å². The lowest BCUT2D eigenvalue weighted by molar-refractivity contribution is -0.122. The number of amidine groups is 1. The maximum absolute atomic E-state index is 12.6. The third kappa shape index (κ3) is 4.04. The highest BCUT2D eigenvalue weighted by Crippen LogP contribution is 2.35. The molecule has 9 heteroatoms. The van der Waals surface area contributed by atoms with Crippen LogP contribution in [-0.4, -0.2) is 33.6 Å². The van der Waals surface area contributed by atoms with Gasteiger partial charge in [-0.05, 0) is 87.5 Å². The number of furan rings is 1. The predicted octanol–water partition coefficient (Wildman–Crippen LogP) is 4.97. The third-order valence-electron chi connectivity index (χ3n) is 3.48. The molecule has 6 nitrogen and oxygen atoms in total. The zero-order valence-electron chi connectivity index (χ0n) is 13.4. The Morgan fingerprint density at radius 2 is 2.12 bits per heavy atom. The molecule has 0 aliphatic carbocycles. The van der Waals surface area contributed by atoms with Gasteiger partial charge in [0.15, 0.2) is 9.84 Å². The summed E-state index contributed by atoms with van der Waals surface area (Å²) < 4.78 is 7.08. The van der Waals surface area contributed by atoms with Crippen LogP contribution < -0.4 is 0 Å². The van der Waals surface area contributed by atoms with Gasteiger partial charge in [-0.15, -0.1) is 0 Å². The van der Waals surface area contributed by atoms with Gasteiger partial charge >= 0.3 is 5.97 Å². The van der Waals surface area contributed by atoms with Gasteiger partial charge in [-0.1, -0.05) is 0 Å². The summed E-state index contributed by atoms with van der Waals surface area (Å²) in [5, 5.41) is 9.51. The van der Waals surface area contributed by atoms with Crippen molar-refractivity contribution in [1.82, 2.24) is 4.90 Å². The van der Waals surface area contributed by atoms with Crippen molar-refractivity contribution in [2.75, 3.05) is 6.54 Å². The monoisotopic (exact) mass is 546 g/mol. The van der Waals surface area contributed by atoms with Crippen molar-refractivity contribution in [2.24, 2.45) is 4.99 Å². The van der Waals surface area contributed by atoms with E-state index >= 15 is 0 Å². The van der Waals surface area contributed by atoms with Gasteiger partial charge in [0, 0.05) is 12.6 Å². The summed E-state index contributed by atoms with van der Waals surface area (Å²) in [6, 6.07) is 8.03. The van der Waals surface area contributed by atoms with E-state index < -0.39 is 5.97 Å². The van der Waals surface area contributed by atoms with Gasteiger partial charge in [0.05, 0.1) is 19.7 Å². The molecule has 1 saturated heterocycles. The topological polar surface area (TPSA) is 83.1 Å². The van der Waals surface area contributed by atoms with Crippen LogP contribution in [0.2, 0.25) is 0 Å². The van der Waals surface area contributed by atoms with Crippen molar-refractivity contribution in [3.63, 3.8) is 0 Å². The van der Waals surface area contributed by atoms with Gasteiger partial charge in [-0.3, -0.25) is 9.69 Å². The summed E-state index contributed by atoms with van der Waals surface area (Å²) in [5.41, 5.74) is 0.773.